The number of para-hydroxylation sites is 3. The van der Waals surface area contributed by atoms with Crippen LogP contribution in [0.3, 0.4) is 0 Å². The van der Waals surface area contributed by atoms with Crippen LogP contribution in [0.15, 0.2) is 127 Å². The molecule has 0 N–H and O–H groups in total. The van der Waals surface area contributed by atoms with Crippen molar-refractivity contribution in [1.82, 2.24) is 0 Å². The van der Waals surface area contributed by atoms with Crippen LogP contribution in [0.5, 0.6) is 0 Å². The highest BCUT2D eigenvalue weighted by Crippen LogP contribution is 2.45. The molecule has 0 radical (unpaired) electrons. The van der Waals surface area contributed by atoms with E-state index in [9.17, 15) is 0 Å². The fraction of sp³-hybridized carbons (Fsp3) is 0.0370. The fourth-order valence-electron chi connectivity index (χ4n) is 3.79. The van der Waals surface area contributed by atoms with E-state index in [4.69, 9.17) is 0 Å². The Balaban J connectivity index is 1.64. The first-order valence-electron chi connectivity index (χ1n) is 10.1. The van der Waals surface area contributed by atoms with E-state index in [0.29, 0.717) is 0 Å². The highest BCUT2D eigenvalue weighted by molar-refractivity contribution is 8.03. The molecule has 0 saturated carbocycles. The van der Waals surface area contributed by atoms with Crippen LogP contribution in [0.2, 0.25) is 0 Å². The summed E-state index contributed by atoms with van der Waals surface area (Å²) in [5.74, 6) is 0. The molecular weight excluding hydrogens is 384 g/mol. The molecule has 4 aromatic carbocycles. The van der Waals surface area contributed by atoms with Crippen LogP contribution in [0.25, 0.3) is 5.70 Å². The zero-order valence-corrected chi connectivity index (χ0v) is 17.3. The van der Waals surface area contributed by atoms with Crippen LogP contribution in [0.4, 0.5) is 17.1 Å². The molecule has 0 amide bonds. The summed E-state index contributed by atoms with van der Waals surface area (Å²) >= 11 is 1.84. The predicted molar refractivity (Wildman–Crippen MR) is 130 cm³/mol. The lowest BCUT2D eigenvalue weighted by Gasteiger charge is -2.38. The molecule has 1 unspecified atom stereocenters. The highest BCUT2D eigenvalue weighted by atomic mass is 32.2. The minimum atomic E-state index is 0.0624. The monoisotopic (exact) mass is 406 g/mol. The standard InChI is InChI=1S/C27H22N2S/c1-5-13-22(14-6-1)26-21-30-27(29(26)25-19-11-4-12-20-25)28(23-15-7-2-8-16-23)24-17-9-3-10-18-24/h1-21,27H. The van der Waals surface area contributed by atoms with E-state index in [0.717, 1.165) is 0 Å². The van der Waals surface area contributed by atoms with Crippen molar-refractivity contribution >= 4 is 34.5 Å². The first kappa shape index (κ1) is 18.6. The zero-order valence-electron chi connectivity index (χ0n) is 16.5. The van der Waals surface area contributed by atoms with Gasteiger partial charge in [0.1, 0.15) is 0 Å². The quantitative estimate of drug-likeness (QED) is 0.342. The molecule has 0 aliphatic carbocycles. The second-order valence-corrected chi connectivity index (χ2v) is 8.01. The summed E-state index contributed by atoms with van der Waals surface area (Å²) in [5, 5.41) is 2.28. The summed E-state index contributed by atoms with van der Waals surface area (Å²) in [6.07, 6.45) is 0. The van der Waals surface area contributed by atoms with Gasteiger partial charge in [-0.05, 0) is 47.4 Å². The lowest BCUT2D eigenvalue weighted by molar-refractivity contribution is 0.884. The van der Waals surface area contributed by atoms with Crippen LogP contribution in [-0.2, 0) is 0 Å². The Morgan fingerprint density at radius 3 is 1.57 bits per heavy atom. The van der Waals surface area contributed by atoms with E-state index >= 15 is 0 Å². The van der Waals surface area contributed by atoms with Crippen molar-refractivity contribution in [3.63, 3.8) is 0 Å². The Hall–Kier alpha value is -3.43. The summed E-state index contributed by atoms with van der Waals surface area (Å²) in [4.78, 5) is 4.84. The van der Waals surface area contributed by atoms with E-state index in [1.54, 1.807) is 0 Å². The van der Waals surface area contributed by atoms with Gasteiger partial charge in [-0.1, -0.05) is 96.7 Å². The molecular formula is C27H22N2S. The molecule has 0 spiro atoms. The average Bonchev–Trinajstić information content (AvgIpc) is 3.26. The number of thioether (sulfide) groups is 1. The molecule has 2 nitrogen and oxygen atoms in total. The second kappa shape index (κ2) is 8.52. The van der Waals surface area contributed by atoms with Gasteiger partial charge in [-0.25, -0.2) is 0 Å². The van der Waals surface area contributed by atoms with Crippen molar-refractivity contribution in [2.24, 2.45) is 0 Å². The molecule has 3 heteroatoms. The molecule has 1 aliphatic rings. The molecule has 1 aliphatic heterocycles. The molecule has 1 heterocycles. The molecule has 0 fully saturated rings. The van der Waals surface area contributed by atoms with Crippen molar-refractivity contribution in [2.75, 3.05) is 9.80 Å². The van der Waals surface area contributed by atoms with Gasteiger partial charge in [-0.3, -0.25) is 0 Å². The maximum absolute atomic E-state index is 2.43. The lowest BCUT2D eigenvalue weighted by atomic mass is 10.1. The maximum atomic E-state index is 2.43. The first-order valence-corrected chi connectivity index (χ1v) is 11.0. The smallest absolute Gasteiger partial charge is 0.163 e. The molecule has 0 saturated heterocycles. The highest BCUT2D eigenvalue weighted by Gasteiger charge is 2.34. The van der Waals surface area contributed by atoms with Gasteiger partial charge in [0.15, 0.2) is 5.50 Å². The van der Waals surface area contributed by atoms with E-state index in [1.165, 1.54) is 28.3 Å². The molecule has 0 aromatic heterocycles. The Kier molecular flexibility index (Phi) is 5.28. The normalized spacial score (nSPS) is 15.7. The minimum absolute atomic E-state index is 0.0624. The van der Waals surface area contributed by atoms with Gasteiger partial charge in [-0.15, -0.1) is 0 Å². The predicted octanol–water partition coefficient (Wildman–Crippen LogP) is 7.36. The SMILES string of the molecule is C1=C(c2ccccc2)N(c2ccccc2)C(N(c2ccccc2)c2ccccc2)S1. The lowest BCUT2D eigenvalue weighted by Crippen LogP contribution is -2.40. The minimum Gasteiger partial charge on any atom is -0.311 e. The summed E-state index contributed by atoms with van der Waals surface area (Å²) in [7, 11) is 0. The van der Waals surface area contributed by atoms with Gasteiger partial charge in [0, 0.05) is 17.1 Å². The average molecular weight is 407 g/mol. The zero-order chi connectivity index (χ0) is 20.2. The fourth-order valence-corrected chi connectivity index (χ4v) is 5.01. The van der Waals surface area contributed by atoms with Crippen LogP contribution in [0.1, 0.15) is 5.56 Å². The van der Waals surface area contributed by atoms with Gasteiger partial charge in [0.2, 0.25) is 0 Å². The van der Waals surface area contributed by atoms with Crippen molar-refractivity contribution in [2.45, 2.75) is 5.50 Å². The summed E-state index contributed by atoms with van der Waals surface area (Å²) < 4.78 is 0. The first-order chi connectivity index (χ1) is 14.9. The summed E-state index contributed by atoms with van der Waals surface area (Å²) in [5.41, 5.74) is 6.02. The summed E-state index contributed by atoms with van der Waals surface area (Å²) in [6.45, 7) is 0. The van der Waals surface area contributed by atoms with Crippen molar-refractivity contribution in [3.8, 4) is 0 Å². The Labute approximate surface area is 182 Å². The van der Waals surface area contributed by atoms with Crippen molar-refractivity contribution < 1.29 is 0 Å². The number of hydrogen-bond acceptors (Lipinski definition) is 3. The Bertz CT molecular complexity index is 1070. The Morgan fingerprint density at radius 1 is 0.567 bits per heavy atom. The third kappa shape index (κ3) is 3.60. The van der Waals surface area contributed by atoms with Crippen LogP contribution in [0, 0.1) is 0 Å². The van der Waals surface area contributed by atoms with Crippen LogP contribution in [-0.4, -0.2) is 5.50 Å². The van der Waals surface area contributed by atoms with Gasteiger partial charge < -0.3 is 9.80 Å². The number of anilines is 3. The van der Waals surface area contributed by atoms with Gasteiger partial charge in [0.05, 0.1) is 5.70 Å². The van der Waals surface area contributed by atoms with E-state index in [-0.39, 0.29) is 5.50 Å². The maximum Gasteiger partial charge on any atom is 0.163 e. The third-order valence-corrected chi connectivity index (χ3v) is 6.20. The molecule has 4 aromatic rings. The molecule has 146 valence electrons. The van der Waals surface area contributed by atoms with Gasteiger partial charge in [-0.2, -0.15) is 0 Å². The molecule has 30 heavy (non-hydrogen) atoms. The van der Waals surface area contributed by atoms with E-state index in [2.05, 4.69) is 137 Å². The Morgan fingerprint density at radius 2 is 1.03 bits per heavy atom. The third-order valence-electron chi connectivity index (χ3n) is 5.18. The van der Waals surface area contributed by atoms with E-state index in [1.807, 2.05) is 11.8 Å². The van der Waals surface area contributed by atoms with E-state index < -0.39 is 0 Å². The molecule has 0 bridgehead atoms. The largest absolute Gasteiger partial charge is 0.311 e. The van der Waals surface area contributed by atoms with Crippen molar-refractivity contribution in [1.29, 1.82) is 0 Å². The molecule has 1 atom stereocenters. The number of benzene rings is 4. The second-order valence-electron chi connectivity index (χ2n) is 7.08. The molecule has 5 rings (SSSR count). The van der Waals surface area contributed by atoms with Gasteiger partial charge in [0.25, 0.3) is 0 Å². The number of nitrogens with zero attached hydrogens (tertiary/aromatic N) is 2. The van der Waals surface area contributed by atoms with Crippen LogP contribution < -0.4 is 9.80 Å². The van der Waals surface area contributed by atoms with Gasteiger partial charge >= 0.3 is 0 Å². The number of rotatable bonds is 5. The number of hydrogen-bond donors (Lipinski definition) is 0. The van der Waals surface area contributed by atoms with Crippen molar-refractivity contribution in [3.05, 3.63) is 132 Å². The summed E-state index contributed by atoms with van der Waals surface area (Å²) in [6, 6.07) is 42.5. The van der Waals surface area contributed by atoms with Crippen LogP contribution >= 0.6 is 11.8 Å². The topological polar surface area (TPSA) is 6.48 Å².